The normalized spacial score (nSPS) is 20.9. The van der Waals surface area contributed by atoms with Crippen molar-refractivity contribution in [1.29, 1.82) is 0 Å². The molecule has 130 valence electrons. The minimum absolute atomic E-state index is 0.153. The Kier molecular flexibility index (Phi) is 4.50. The highest BCUT2D eigenvalue weighted by atomic mass is 19.4. The van der Waals surface area contributed by atoms with Crippen LogP contribution in [0.2, 0.25) is 0 Å². The molecule has 0 saturated carbocycles. The number of nitro benzene ring substituents is 1. The third-order valence-corrected chi connectivity index (χ3v) is 4.00. The summed E-state index contributed by atoms with van der Waals surface area (Å²) < 4.78 is 38.8. The van der Waals surface area contributed by atoms with E-state index in [0.717, 1.165) is 11.0 Å². The molecule has 1 aromatic rings. The van der Waals surface area contributed by atoms with E-state index in [0.29, 0.717) is 5.56 Å². The van der Waals surface area contributed by atoms with E-state index in [2.05, 4.69) is 0 Å². The quantitative estimate of drug-likeness (QED) is 0.668. The highest BCUT2D eigenvalue weighted by Gasteiger charge is 2.53. The second-order valence-electron chi connectivity index (χ2n) is 5.56. The number of halogens is 3. The van der Waals surface area contributed by atoms with Crippen molar-refractivity contribution in [3.63, 3.8) is 0 Å². The molecule has 1 N–H and O–H groups in total. The molecule has 1 aromatic carbocycles. The fourth-order valence-electron chi connectivity index (χ4n) is 2.67. The van der Waals surface area contributed by atoms with Crippen molar-refractivity contribution < 1.29 is 32.8 Å². The van der Waals surface area contributed by atoms with Crippen molar-refractivity contribution in [3.05, 3.63) is 39.4 Å². The monoisotopic (exact) mass is 346 g/mol. The van der Waals surface area contributed by atoms with E-state index >= 15 is 0 Å². The number of aryl methyl sites for hydroxylation is 1. The van der Waals surface area contributed by atoms with Crippen molar-refractivity contribution in [3.8, 4) is 0 Å². The summed E-state index contributed by atoms with van der Waals surface area (Å²) >= 11 is 0. The van der Waals surface area contributed by atoms with Crippen LogP contribution < -0.4 is 0 Å². The van der Waals surface area contributed by atoms with Crippen LogP contribution in [-0.2, 0) is 4.79 Å². The molecule has 0 aromatic heterocycles. The number of carboxylic acid groups (broad SMARTS) is 1. The molecular formula is C14H13F3N2O5. The van der Waals surface area contributed by atoms with Gasteiger partial charge in [0, 0.05) is 30.3 Å². The van der Waals surface area contributed by atoms with Crippen molar-refractivity contribution in [1.82, 2.24) is 4.90 Å². The molecule has 0 aliphatic carbocycles. The van der Waals surface area contributed by atoms with Gasteiger partial charge in [-0.3, -0.25) is 19.7 Å². The van der Waals surface area contributed by atoms with E-state index < -0.39 is 47.9 Å². The summed E-state index contributed by atoms with van der Waals surface area (Å²) in [5.74, 6) is -6.42. The smallest absolute Gasteiger partial charge is 0.394 e. The number of hydrogen-bond acceptors (Lipinski definition) is 4. The fraction of sp³-hybridized carbons (Fsp3) is 0.429. The second-order valence-corrected chi connectivity index (χ2v) is 5.56. The van der Waals surface area contributed by atoms with Crippen LogP contribution in [0.15, 0.2) is 18.2 Å². The van der Waals surface area contributed by atoms with Gasteiger partial charge in [-0.05, 0) is 13.0 Å². The molecule has 2 rings (SSSR count). The fourth-order valence-corrected chi connectivity index (χ4v) is 2.67. The predicted molar refractivity (Wildman–Crippen MR) is 74.4 cm³/mol. The molecule has 1 amide bonds. The maximum absolute atomic E-state index is 12.9. The van der Waals surface area contributed by atoms with Crippen LogP contribution in [0, 0.1) is 28.9 Å². The van der Waals surface area contributed by atoms with E-state index in [9.17, 15) is 32.9 Å². The van der Waals surface area contributed by atoms with Gasteiger partial charge in [-0.1, -0.05) is 6.07 Å². The number of carboxylic acids is 1. The Morgan fingerprint density at radius 2 is 1.96 bits per heavy atom. The van der Waals surface area contributed by atoms with Crippen LogP contribution in [0.5, 0.6) is 0 Å². The maximum atomic E-state index is 12.9. The van der Waals surface area contributed by atoms with Crippen LogP contribution in [-0.4, -0.2) is 46.1 Å². The third kappa shape index (κ3) is 3.31. The first-order valence-corrected chi connectivity index (χ1v) is 6.86. The zero-order chi connectivity index (χ0) is 18.2. The molecule has 0 spiro atoms. The van der Waals surface area contributed by atoms with Gasteiger partial charge in [-0.15, -0.1) is 0 Å². The minimum atomic E-state index is -4.75. The minimum Gasteiger partial charge on any atom is -0.481 e. The van der Waals surface area contributed by atoms with Gasteiger partial charge < -0.3 is 10.0 Å². The molecule has 1 aliphatic heterocycles. The van der Waals surface area contributed by atoms with E-state index in [1.165, 1.54) is 19.1 Å². The number of carbonyl (C=O) groups is 2. The zero-order valence-corrected chi connectivity index (χ0v) is 12.4. The molecule has 1 fully saturated rings. The molecule has 24 heavy (non-hydrogen) atoms. The van der Waals surface area contributed by atoms with Crippen molar-refractivity contribution in [2.45, 2.75) is 13.1 Å². The highest BCUT2D eigenvalue weighted by molar-refractivity contribution is 5.95. The van der Waals surface area contributed by atoms with E-state index in [1.807, 2.05) is 0 Å². The van der Waals surface area contributed by atoms with Crippen molar-refractivity contribution in [2.24, 2.45) is 11.8 Å². The molecule has 1 heterocycles. The van der Waals surface area contributed by atoms with Gasteiger partial charge in [0.15, 0.2) is 0 Å². The number of nitro groups is 1. The number of likely N-dealkylation sites (tertiary alicyclic amines) is 1. The Balaban J connectivity index is 2.29. The lowest BCUT2D eigenvalue weighted by Gasteiger charge is -2.18. The summed E-state index contributed by atoms with van der Waals surface area (Å²) in [5, 5.41) is 19.8. The first-order valence-electron chi connectivity index (χ1n) is 6.86. The number of carbonyl (C=O) groups excluding carboxylic acids is 1. The number of rotatable bonds is 3. The molecule has 7 nitrogen and oxygen atoms in total. The topological polar surface area (TPSA) is 101 Å². The Morgan fingerprint density at radius 1 is 1.33 bits per heavy atom. The summed E-state index contributed by atoms with van der Waals surface area (Å²) in [4.78, 5) is 34.3. The van der Waals surface area contributed by atoms with Gasteiger partial charge in [-0.2, -0.15) is 13.2 Å². The summed E-state index contributed by atoms with van der Waals surface area (Å²) in [6.07, 6.45) is -4.75. The molecule has 2 atom stereocenters. The second kappa shape index (κ2) is 6.10. The number of hydrogen-bond donors (Lipinski definition) is 1. The van der Waals surface area contributed by atoms with Crippen molar-refractivity contribution in [2.75, 3.05) is 13.1 Å². The number of benzene rings is 1. The van der Waals surface area contributed by atoms with Crippen molar-refractivity contribution >= 4 is 17.6 Å². The molecular weight excluding hydrogens is 333 g/mol. The van der Waals surface area contributed by atoms with Crippen LogP contribution in [0.4, 0.5) is 18.9 Å². The van der Waals surface area contributed by atoms with Gasteiger partial charge in [0.25, 0.3) is 11.6 Å². The number of aliphatic carboxylic acids is 1. The van der Waals surface area contributed by atoms with E-state index in [1.54, 1.807) is 0 Å². The summed E-state index contributed by atoms with van der Waals surface area (Å²) in [5.41, 5.74) is -0.184. The molecule has 0 unspecified atom stereocenters. The first kappa shape index (κ1) is 17.7. The van der Waals surface area contributed by atoms with E-state index in [-0.39, 0.29) is 11.3 Å². The van der Waals surface area contributed by atoms with Gasteiger partial charge in [0.05, 0.1) is 16.8 Å². The van der Waals surface area contributed by atoms with Gasteiger partial charge >= 0.3 is 12.1 Å². The molecule has 1 aliphatic rings. The number of alkyl halides is 3. The molecule has 10 heteroatoms. The Labute approximate surface area is 133 Å². The number of nitrogens with zero attached hydrogens (tertiary/aromatic N) is 2. The summed E-state index contributed by atoms with van der Waals surface area (Å²) in [6, 6.07) is 3.56. The Bertz CT molecular complexity index is 704. The van der Waals surface area contributed by atoms with Crippen LogP contribution in [0.1, 0.15) is 15.9 Å². The lowest BCUT2D eigenvalue weighted by Crippen LogP contribution is -2.34. The highest BCUT2D eigenvalue weighted by Crippen LogP contribution is 2.38. The summed E-state index contributed by atoms with van der Waals surface area (Å²) in [6.45, 7) is 0.0728. The maximum Gasteiger partial charge on any atom is 0.394 e. The Morgan fingerprint density at radius 3 is 2.42 bits per heavy atom. The largest absolute Gasteiger partial charge is 0.481 e. The average molecular weight is 346 g/mol. The van der Waals surface area contributed by atoms with Crippen LogP contribution in [0.25, 0.3) is 0 Å². The standard InChI is InChI=1S/C14H13F3N2O5/c1-7-2-3-8(4-11(7)19(23)24)12(20)18-5-9(13(21)22)10(6-18)14(15,16)17/h2-4,9-10H,5-6H2,1H3,(H,21,22)/t9-,10-/m1/s1. The number of amides is 1. The van der Waals surface area contributed by atoms with E-state index in [4.69, 9.17) is 5.11 Å². The predicted octanol–water partition coefficient (Wildman–Crippen LogP) is 2.24. The lowest BCUT2D eigenvalue weighted by atomic mass is 9.96. The molecule has 1 saturated heterocycles. The Hall–Kier alpha value is -2.65. The first-order chi connectivity index (χ1) is 11.0. The molecule has 0 radical (unpaired) electrons. The average Bonchev–Trinajstić information content (AvgIpc) is 2.92. The third-order valence-electron chi connectivity index (χ3n) is 4.00. The van der Waals surface area contributed by atoms with Crippen LogP contribution >= 0.6 is 0 Å². The van der Waals surface area contributed by atoms with Gasteiger partial charge in [0.2, 0.25) is 0 Å². The zero-order valence-electron chi connectivity index (χ0n) is 12.4. The lowest BCUT2D eigenvalue weighted by molar-refractivity contribution is -0.385. The van der Waals surface area contributed by atoms with Gasteiger partial charge in [-0.25, -0.2) is 0 Å². The summed E-state index contributed by atoms with van der Waals surface area (Å²) in [7, 11) is 0. The SMILES string of the molecule is Cc1ccc(C(=O)N2C[C@@H](C(F)(F)F)[C@H](C(=O)O)C2)cc1[N+](=O)[O-]. The van der Waals surface area contributed by atoms with Crippen LogP contribution in [0.3, 0.4) is 0 Å². The van der Waals surface area contributed by atoms with Gasteiger partial charge in [0.1, 0.15) is 0 Å². The molecule has 0 bridgehead atoms.